The summed E-state index contributed by atoms with van der Waals surface area (Å²) in [6.07, 6.45) is 5.77. The van der Waals surface area contributed by atoms with Gasteiger partial charge in [-0.05, 0) is 55.5 Å². The number of amides is 2. The summed E-state index contributed by atoms with van der Waals surface area (Å²) in [6, 6.07) is 9.10. The van der Waals surface area contributed by atoms with Gasteiger partial charge in [0.15, 0.2) is 0 Å². The van der Waals surface area contributed by atoms with E-state index in [4.69, 9.17) is 11.6 Å². The second-order valence-electron chi connectivity index (χ2n) is 7.99. The molecule has 2 saturated heterocycles. The third kappa shape index (κ3) is 4.64. The molecule has 7 nitrogen and oxygen atoms in total. The highest BCUT2D eigenvalue weighted by molar-refractivity contribution is 6.31. The molecule has 8 heteroatoms. The highest BCUT2D eigenvalue weighted by Gasteiger charge is 2.36. The predicted molar refractivity (Wildman–Crippen MR) is 116 cm³/mol. The smallest absolute Gasteiger partial charge is 0.241 e. The van der Waals surface area contributed by atoms with E-state index in [0.29, 0.717) is 30.2 Å². The molecule has 3 atom stereocenters. The lowest BCUT2D eigenvalue weighted by Crippen LogP contribution is -2.50. The van der Waals surface area contributed by atoms with Crippen molar-refractivity contribution in [2.24, 2.45) is 5.92 Å². The fourth-order valence-electron chi connectivity index (χ4n) is 4.05. The van der Waals surface area contributed by atoms with Crippen molar-refractivity contribution >= 4 is 29.1 Å². The number of carbonyl (C=O) groups is 2. The van der Waals surface area contributed by atoms with Crippen LogP contribution in [0.5, 0.6) is 0 Å². The summed E-state index contributed by atoms with van der Waals surface area (Å²) in [6.45, 7) is 3.03. The summed E-state index contributed by atoms with van der Waals surface area (Å²) in [5.74, 6) is -0.269. The molecule has 158 valence electrons. The fraction of sp³-hybridized carbons (Fsp3) is 0.409. The number of piperidine rings is 1. The first-order valence-corrected chi connectivity index (χ1v) is 10.7. The molecule has 1 aromatic heterocycles. The van der Waals surface area contributed by atoms with Crippen LogP contribution in [-0.2, 0) is 9.59 Å². The molecule has 0 aliphatic carbocycles. The van der Waals surface area contributed by atoms with Crippen LogP contribution >= 0.6 is 11.6 Å². The third-order valence-corrected chi connectivity index (χ3v) is 6.24. The van der Waals surface area contributed by atoms with E-state index in [2.05, 4.69) is 21.2 Å². The van der Waals surface area contributed by atoms with Crippen molar-refractivity contribution in [1.82, 2.24) is 20.7 Å². The highest BCUT2D eigenvalue weighted by Crippen LogP contribution is 2.26. The van der Waals surface area contributed by atoms with E-state index >= 15 is 0 Å². The Hall–Kier alpha value is -2.48. The SMILES string of the molecule is Cc1ccc(NC(=O)C2CCCN(C(=O)C3CC(c4cccnc4)NN3)C2)cc1Cl. The van der Waals surface area contributed by atoms with Gasteiger partial charge in [-0.3, -0.25) is 14.6 Å². The van der Waals surface area contributed by atoms with Gasteiger partial charge in [0.25, 0.3) is 0 Å². The lowest BCUT2D eigenvalue weighted by molar-refractivity contribution is -0.136. The fourth-order valence-corrected chi connectivity index (χ4v) is 4.23. The number of nitrogens with one attached hydrogen (secondary N) is 3. The lowest BCUT2D eigenvalue weighted by Gasteiger charge is -2.33. The van der Waals surface area contributed by atoms with Crippen molar-refractivity contribution in [2.45, 2.75) is 38.3 Å². The van der Waals surface area contributed by atoms with Crippen LogP contribution in [0.3, 0.4) is 0 Å². The van der Waals surface area contributed by atoms with Crippen LogP contribution in [0.4, 0.5) is 5.69 Å². The number of pyridine rings is 1. The van der Waals surface area contributed by atoms with Crippen molar-refractivity contribution < 1.29 is 9.59 Å². The van der Waals surface area contributed by atoms with Gasteiger partial charge in [0.05, 0.1) is 5.92 Å². The Bertz CT molecular complexity index is 923. The summed E-state index contributed by atoms with van der Waals surface area (Å²) in [4.78, 5) is 31.8. The number of benzene rings is 1. The van der Waals surface area contributed by atoms with E-state index in [0.717, 1.165) is 24.0 Å². The van der Waals surface area contributed by atoms with Gasteiger partial charge < -0.3 is 10.2 Å². The Balaban J connectivity index is 1.34. The zero-order chi connectivity index (χ0) is 21.1. The van der Waals surface area contributed by atoms with Gasteiger partial charge in [0.2, 0.25) is 11.8 Å². The predicted octanol–water partition coefficient (Wildman–Crippen LogP) is 2.83. The van der Waals surface area contributed by atoms with Crippen molar-refractivity contribution in [3.8, 4) is 0 Å². The van der Waals surface area contributed by atoms with Crippen LogP contribution < -0.4 is 16.2 Å². The van der Waals surface area contributed by atoms with Gasteiger partial charge >= 0.3 is 0 Å². The average Bonchev–Trinajstić information content (AvgIpc) is 3.27. The molecule has 2 aliphatic rings. The standard InChI is InChI=1S/C22H26ClN5O2/c1-14-6-7-17(10-18(14)23)25-21(29)16-5-3-9-28(13-16)22(30)20-11-19(26-27-20)15-4-2-8-24-12-15/h2,4,6-8,10,12,16,19-20,26-27H,3,5,9,11,13H2,1H3,(H,25,29). The Labute approximate surface area is 181 Å². The molecule has 2 aliphatic heterocycles. The van der Waals surface area contributed by atoms with Crippen LogP contribution in [0.15, 0.2) is 42.7 Å². The molecule has 2 fully saturated rings. The van der Waals surface area contributed by atoms with Crippen molar-refractivity contribution in [3.05, 3.63) is 58.9 Å². The lowest BCUT2D eigenvalue weighted by atomic mass is 9.95. The van der Waals surface area contributed by atoms with Crippen LogP contribution in [-0.4, -0.2) is 40.8 Å². The van der Waals surface area contributed by atoms with E-state index < -0.39 is 0 Å². The molecule has 0 bridgehead atoms. The van der Waals surface area contributed by atoms with Crippen molar-refractivity contribution in [1.29, 1.82) is 0 Å². The Morgan fingerprint density at radius 1 is 1.27 bits per heavy atom. The Morgan fingerprint density at radius 3 is 2.90 bits per heavy atom. The molecule has 2 amide bonds. The number of hydrazine groups is 1. The highest BCUT2D eigenvalue weighted by atomic mass is 35.5. The third-order valence-electron chi connectivity index (χ3n) is 5.83. The van der Waals surface area contributed by atoms with Crippen LogP contribution in [0.2, 0.25) is 5.02 Å². The normalized spacial score (nSPS) is 23.9. The molecule has 2 aromatic rings. The quantitative estimate of drug-likeness (QED) is 0.698. The molecular formula is C22H26ClN5O2. The molecule has 30 heavy (non-hydrogen) atoms. The summed E-state index contributed by atoms with van der Waals surface area (Å²) >= 11 is 6.16. The number of anilines is 1. The molecule has 0 radical (unpaired) electrons. The van der Waals surface area contributed by atoms with Gasteiger partial charge in [0.1, 0.15) is 6.04 Å². The molecule has 0 saturated carbocycles. The summed E-state index contributed by atoms with van der Waals surface area (Å²) < 4.78 is 0. The number of hydrogen-bond acceptors (Lipinski definition) is 5. The largest absolute Gasteiger partial charge is 0.341 e. The maximum atomic E-state index is 13.0. The van der Waals surface area contributed by atoms with Crippen molar-refractivity contribution in [3.63, 3.8) is 0 Å². The number of carbonyl (C=O) groups excluding carboxylic acids is 2. The first-order chi connectivity index (χ1) is 14.5. The van der Waals surface area contributed by atoms with Gasteiger partial charge in [-0.1, -0.05) is 23.7 Å². The second-order valence-corrected chi connectivity index (χ2v) is 8.40. The first kappa shape index (κ1) is 20.8. The summed E-state index contributed by atoms with van der Waals surface area (Å²) in [5.41, 5.74) is 9.00. The van der Waals surface area contributed by atoms with Crippen LogP contribution in [0, 0.1) is 12.8 Å². The van der Waals surface area contributed by atoms with Crippen molar-refractivity contribution in [2.75, 3.05) is 18.4 Å². The number of aromatic nitrogens is 1. The number of halogens is 1. The van der Waals surface area contributed by atoms with Gasteiger partial charge in [-0.25, -0.2) is 10.9 Å². The molecule has 1 aromatic carbocycles. The van der Waals surface area contributed by atoms with E-state index in [1.807, 2.05) is 37.4 Å². The Morgan fingerprint density at radius 2 is 2.13 bits per heavy atom. The zero-order valence-electron chi connectivity index (χ0n) is 16.9. The summed E-state index contributed by atoms with van der Waals surface area (Å²) in [7, 11) is 0. The topological polar surface area (TPSA) is 86.4 Å². The maximum absolute atomic E-state index is 13.0. The molecule has 3 heterocycles. The minimum Gasteiger partial charge on any atom is -0.341 e. The van der Waals surface area contributed by atoms with E-state index in [1.54, 1.807) is 17.2 Å². The molecule has 0 spiro atoms. The van der Waals surface area contributed by atoms with E-state index in [9.17, 15) is 9.59 Å². The van der Waals surface area contributed by atoms with E-state index in [-0.39, 0.29) is 29.8 Å². The minimum absolute atomic E-state index is 0.0322. The van der Waals surface area contributed by atoms with Crippen LogP contribution in [0.25, 0.3) is 0 Å². The zero-order valence-corrected chi connectivity index (χ0v) is 17.7. The average molecular weight is 428 g/mol. The monoisotopic (exact) mass is 427 g/mol. The number of aryl methyl sites for hydroxylation is 1. The van der Waals surface area contributed by atoms with Gasteiger partial charge in [-0.15, -0.1) is 0 Å². The second kappa shape index (κ2) is 9.12. The van der Waals surface area contributed by atoms with Gasteiger partial charge in [-0.2, -0.15) is 0 Å². The molecule has 3 unspecified atom stereocenters. The van der Waals surface area contributed by atoms with Crippen LogP contribution in [0.1, 0.15) is 36.4 Å². The maximum Gasteiger partial charge on any atom is 0.241 e. The molecule has 4 rings (SSSR count). The molecular weight excluding hydrogens is 402 g/mol. The minimum atomic E-state index is -0.312. The number of nitrogens with zero attached hydrogens (tertiary/aromatic N) is 2. The van der Waals surface area contributed by atoms with Gasteiger partial charge in [0, 0.05) is 42.2 Å². The number of rotatable bonds is 4. The summed E-state index contributed by atoms with van der Waals surface area (Å²) in [5, 5.41) is 3.56. The first-order valence-electron chi connectivity index (χ1n) is 10.3. The Kier molecular flexibility index (Phi) is 6.32. The number of likely N-dealkylation sites (tertiary alicyclic amines) is 1. The number of hydrogen-bond donors (Lipinski definition) is 3. The van der Waals surface area contributed by atoms with E-state index in [1.165, 1.54) is 0 Å². The molecule has 3 N–H and O–H groups in total.